The number of nitrogens with two attached hydrogens (primary N) is 1. The molecule has 0 bridgehead atoms. The largest absolute Gasteiger partial charge is 0.319 e. The molecule has 0 aliphatic heterocycles. The molecule has 3 nitrogen and oxygen atoms in total. The monoisotopic (exact) mass is 281 g/mol. The van der Waals surface area contributed by atoms with Crippen LogP contribution in [0.4, 0.5) is 4.39 Å². The minimum Gasteiger partial charge on any atom is -0.319 e. The topological polar surface area (TPSA) is 43.8 Å². The molecule has 0 saturated heterocycles. The third-order valence-corrected chi connectivity index (χ3v) is 3.35. The molecule has 0 saturated carbocycles. The lowest BCUT2D eigenvalue weighted by Gasteiger charge is -2.16. The van der Waals surface area contributed by atoms with E-state index in [9.17, 15) is 4.39 Å². The molecule has 2 rings (SSSR count). The molecule has 0 spiro atoms. The first kappa shape index (κ1) is 14.0. The molecule has 1 unspecified atom stereocenters. The van der Waals surface area contributed by atoms with E-state index in [0.717, 1.165) is 12.0 Å². The van der Waals surface area contributed by atoms with Crippen LogP contribution in [0.25, 0.3) is 0 Å². The van der Waals surface area contributed by atoms with Crippen LogP contribution in [-0.4, -0.2) is 9.78 Å². The van der Waals surface area contributed by atoms with Crippen molar-refractivity contribution in [1.82, 2.24) is 9.78 Å². The van der Waals surface area contributed by atoms with Crippen molar-refractivity contribution in [1.29, 1.82) is 0 Å². The first-order valence-corrected chi connectivity index (χ1v) is 6.65. The Labute approximate surface area is 117 Å². The van der Waals surface area contributed by atoms with E-state index in [-0.39, 0.29) is 5.82 Å². The minimum atomic E-state index is -0.609. The molecule has 102 valence electrons. The number of aromatic nitrogens is 2. The van der Waals surface area contributed by atoms with E-state index < -0.39 is 6.04 Å². The average Bonchev–Trinajstić information content (AvgIpc) is 2.70. The number of halogens is 2. The molecule has 0 aliphatic carbocycles. The molecule has 0 amide bonds. The van der Waals surface area contributed by atoms with E-state index in [1.54, 1.807) is 16.9 Å². The van der Waals surface area contributed by atoms with Crippen molar-refractivity contribution in [2.75, 3.05) is 0 Å². The van der Waals surface area contributed by atoms with E-state index >= 15 is 0 Å². The minimum absolute atomic E-state index is 0.312. The second kappa shape index (κ2) is 5.72. The summed E-state index contributed by atoms with van der Waals surface area (Å²) in [5.41, 5.74) is 8.11. The maximum Gasteiger partial charge on any atom is 0.128 e. The Morgan fingerprint density at radius 1 is 1.47 bits per heavy atom. The van der Waals surface area contributed by atoms with Gasteiger partial charge in [0, 0.05) is 12.1 Å². The summed E-state index contributed by atoms with van der Waals surface area (Å²) < 4.78 is 15.7. The Kier molecular flexibility index (Phi) is 4.22. The molecular weight excluding hydrogens is 265 g/mol. The quantitative estimate of drug-likeness (QED) is 0.933. The van der Waals surface area contributed by atoms with Gasteiger partial charge in [-0.1, -0.05) is 30.7 Å². The maximum atomic E-state index is 14.0. The van der Waals surface area contributed by atoms with Crippen LogP contribution in [0.5, 0.6) is 0 Å². The summed E-state index contributed by atoms with van der Waals surface area (Å²) in [5.74, 6) is -0.312. The first-order chi connectivity index (χ1) is 9.04. The molecule has 19 heavy (non-hydrogen) atoms. The summed E-state index contributed by atoms with van der Waals surface area (Å²) in [7, 11) is 0. The second-order valence-corrected chi connectivity index (χ2v) is 5.01. The van der Waals surface area contributed by atoms with Crippen molar-refractivity contribution in [2.45, 2.75) is 32.9 Å². The van der Waals surface area contributed by atoms with Gasteiger partial charge in [0.15, 0.2) is 0 Å². The van der Waals surface area contributed by atoms with Gasteiger partial charge in [-0.2, -0.15) is 5.10 Å². The number of rotatable bonds is 4. The summed E-state index contributed by atoms with van der Waals surface area (Å²) >= 11 is 6.12. The number of hydrogen-bond donors (Lipinski definition) is 1. The smallest absolute Gasteiger partial charge is 0.128 e. The normalized spacial score (nSPS) is 12.7. The molecule has 1 aromatic carbocycles. The van der Waals surface area contributed by atoms with Crippen LogP contribution in [-0.2, 0) is 6.54 Å². The number of nitrogens with zero attached hydrogens (tertiary/aromatic N) is 2. The Balaban J connectivity index is 2.43. The highest BCUT2D eigenvalue weighted by molar-refractivity contribution is 6.31. The predicted molar refractivity (Wildman–Crippen MR) is 74.7 cm³/mol. The molecule has 0 fully saturated rings. The van der Waals surface area contributed by atoms with Gasteiger partial charge < -0.3 is 5.73 Å². The SMILES string of the molecule is CCCn1ncc(Cl)c1C(N)c1ccc(C)cc1F. The highest BCUT2D eigenvalue weighted by Gasteiger charge is 2.21. The summed E-state index contributed by atoms with van der Waals surface area (Å²) in [5, 5.41) is 4.65. The fourth-order valence-electron chi connectivity index (χ4n) is 2.10. The van der Waals surface area contributed by atoms with Crippen molar-refractivity contribution < 1.29 is 4.39 Å². The van der Waals surface area contributed by atoms with Crippen molar-refractivity contribution in [3.8, 4) is 0 Å². The third kappa shape index (κ3) is 2.80. The zero-order valence-electron chi connectivity index (χ0n) is 11.0. The lowest BCUT2D eigenvalue weighted by molar-refractivity contribution is 0.544. The van der Waals surface area contributed by atoms with Crippen molar-refractivity contribution in [3.05, 3.63) is 52.1 Å². The van der Waals surface area contributed by atoms with E-state index in [1.165, 1.54) is 6.07 Å². The van der Waals surface area contributed by atoms with Gasteiger partial charge in [-0.15, -0.1) is 0 Å². The Hall–Kier alpha value is -1.39. The summed E-state index contributed by atoms with van der Waals surface area (Å²) in [6.45, 7) is 4.59. The van der Waals surface area contributed by atoms with Crippen LogP contribution in [0.2, 0.25) is 5.02 Å². The summed E-state index contributed by atoms with van der Waals surface area (Å²) in [6, 6.07) is 4.41. The summed E-state index contributed by atoms with van der Waals surface area (Å²) in [6.07, 6.45) is 2.46. The second-order valence-electron chi connectivity index (χ2n) is 4.60. The van der Waals surface area contributed by atoms with Gasteiger partial charge in [-0.25, -0.2) is 4.39 Å². The lowest BCUT2D eigenvalue weighted by atomic mass is 10.0. The third-order valence-electron chi connectivity index (χ3n) is 3.05. The van der Waals surface area contributed by atoms with Gasteiger partial charge in [0.05, 0.1) is 23.0 Å². The van der Waals surface area contributed by atoms with Gasteiger partial charge >= 0.3 is 0 Å². The fourth-order valence-corrected chi connectivity index (χ4v) is 2.36. The van der Waals surface area contributed by atoms with Crippen molar-refractivity contribution >= 4 is 11.6 Å². The van der Waals surface area contributed by atoms with E-state index in [2.05, 4.69) is 5.10 Å². The van der Waals surface area contributed by atoms with Crippen LogP contribution in [0.15, 0.2) is 24.4 Å². The van der Waals surface area contributed by atoms with Gasteiger partial charge in [-0.05, 0) is 25.0 Å². The zero-order chi connectivity index (χ0) is 14.0. The highest BCUT2D eigenvalue weighted by atomic mass is 35.5. The van der Waals surface area contributed by atoms with Gasteiger partial charge in [-0.3, -0.25) is 4.68 Å². The molecule has 1 atom stereocenters. The van der Waals surface area contributed by atoms with Crippen LogP contribution in [0.1, 0.15) is 36.2 Å². The number of benzene rings is 1. The first-order valence-electron chi connectivity index (χ1n) is 6.27. The Morgan fingerprint density at radius 2 is 2.21 bits per heavy atom. The van der Waals surface area contributed by atoms with Crippen LogP contribution in [0.3, 0.4) is 0 Å². The molecule has 0 aliphatic rings. The molecular formula is C14H17ClFN3. The van der Waals surface area contributed by atoms with Crippen LogP contribution < -0.4 is 5.73 Å². The Morgan fingerprint density at radius 3 is 2.84 bits per heavy atom. The van der Waals surface area contributed by atoms with E-state index in [0.29, 0.717) is 22.8 Å². The molecule has 1 aromatic heterocycles. The number of aryl methyl sites for hydroxylation is 2. The van der Waals surface area contributed by atoms with E-state index in [4.69, 9.17) is 17.3 Å². The maximum absolute atomic E-state index is 14.0. The summed E-state index contributed by atoms with van der Waals surface area (Å²) in [4.78, 5) is 0. The molecule has 5 heteroatoms. The molecule has 2 aromatic rings. The van der Waals surface area contributed by atoms with Crippen LogP contribution in [0, 0.1) is 12.7 Å². The lowest BCUT2D eigenvalue weighted by Crippen LogP contribution is -2.19. The highest BCUT2D eigenvalue weighted by Crippen LogP contribution is 2.28. The molecule has 0 radical (unpaired) electrons. The molecule has 2 N–H and O–H groups in total. The number of hydrogen-bond acceptors (Lipinski definition) is 2. The van der Waals surface area contributed by atoms with Gasteiger partial charge in [0.25, 0.3) is 0 Å². The Bertz CT molecular complexity index is 580. The zero-order valence-corrected chi connectivity index (χ0v) is 11.8. The predicted octanol–water partition coefficient (Wildman–Crippen LogP) is 3.44. The van der Waals surface area contributed by atoms with Crippen LogP contribution >= 0.6 is 11.6 Å². The van der Waals surface area contributed by atoms with Gasteiger partial charge in [0.2, 0.25) is 0 Å². The van der Waals surface area contributed by atoms with Gasteiger partial charge in [0.1, 0.15) is 5.82 Å². The average molecular weight is 282 g/mol. The fraction of sp³-hybridized carbons (Fsp3) is 0.357. The van der Waals surface area contributed by atoms with Crippen molar-refractivity contribution in [2.24, 2.45) is 5.73 Å². The van der Waals surface area contributed by atoms with Crippen molar-refractivity contribution in [3.63, 3.8) is 0 Å². The van der Waals surface area contributed by atoms with E-state index in [1.807, 2.05) is 19.9 Å². The standard InChI is InChI=1S/C14H17ClFN3/c1-3-6-19-14(11(15)8-18-19)13(17)10-5-4-9(2)7-12(10)16/h4-5,7-8,13H,3,6,17H2,1-2H3. The molecule has 1 heterocycles.